The molecule has 0 aromatic carbocycles. The monoisotopic (exact) mass is 183 g/mol. The van der Waals surface area contributed by atoms with Crippen molar-refractivity contribution in [3.05, 3.63) is 18.7 Å². The third-order valence-electron chi connectivity index (χ3n) is 1.30. The van der Waals surface area contributed by atoms with E-state index in [9.17, 15) is 4.79 Å². The Labute approximate surface area is 74.4 Å². The molecule has 6 heteroatoms. The lowest BCUT2D eigenvalue weighted by Gasteiger charge is -2.02. The minimum absolute atomic E-state index is 0.209. The van der Waals surface area contributed by atoms with Gasteiger partial charge in [0.1, 0.15) is 6.33 Å². The molecule has 0 aliphatic heterocycles. The summed E-state index contributed by atoms with van der Waals surface area (Å²) < 4.78 is 5.90. The van der Waals surface area contributed by atoms with Gasteiger partial charge in [0.05, 0.1) is 6.61 Å². The smallest absolute Gasteiger partial charge is 0.378 e. The molecule has 0 unspecified atom stereocenters. The van der Waals surface area contributed by atoms with E-state index in [-0.39, 0.29) is 12.4 Å². The topological polar surface area (TPSA) is 76.7 Å². The van der Waals surface area contributed by atoms with E-state index in [0.29, 0.717) is 0 Å². The molecule has 0 aliphatic carbocycles. The van der Waals surface area contributed by atoms with Crippen molar-refractivity contribution in [3.63, 3.8) is 0 Å². The molecule has 0 bridgehead atoms. The molecule has 0 aliphatic rings. The van der Waals surface area contributed by atoms with Gasteiger partial charge in [0.15, 0.2) is 0 Å². The number of esters is 1. The number of hydrogen-bond donors (Lipinski definition) is 1. The highest BCUT2D eigenvalue weighted by Crippen LogP contribution is 1.91. The summed E-state index contributed by atoms with van der Waals surface area (Å²) in [7, 11) is 0. The fourth-order valence-corrected chi connectivity index (χ4v) is 0.778. The van der Waals surface area contributed by atoms with Crippen LogP contribution in [0.15, 0.2) is 23.9 Å². The third kappa shape index (κ3) is 2.05. The highest BCUT2D eigenvalue weighted by Gasteiger charge is 2.14. The molecule has 70 valence electrons. The first kappa shape index (κ1) is 9.24. The molecule has 0 fully saturated rings. The summed E-state index contributed by atoms with van der Waals surface area (Å²) in [5.41, 5.74) is 0. The van der Waals surface area contributed by atoms with Crippen molar-refractivity contribution in [2.45, 2.75) is 6.92 Å². The first-order valence-corrected chi connectivity index (χ1v) is 3.67. The van der Waals surface area contributed by atoms with E-state index in [4.69, 9.17) is 5.21 Å². The van der Waals surface area contributed by atoms with Crippen molar-refractivity contribution in [2.24, 2.45) is 5.16 Å². The molecule has 0 radical (unpaired) electrons. The van der Waals surface area contributed by atoms with Gasteiger partial charge in [-0.25, -0.2) is 9.78 Å². The van der Waals surface area contributed by atoms with Crippen LogP contribution in [0.5, 0.6) is 0 Å². The van der Waals surface area contributed by atoms with Crippen LogP contribution < -0.4 is 0 Å². The molecule has 13 heavy (non-hydrogen) atoms. The van der Waals surface area contributed by atoms with Crippen LogP contribution in [0, 0.1) is 0 Å². The summed E-state index contributed by atoms with van der Waals surface area (Å²) in [5, 5.41) is 11.3. The second kappa shape index (κ2) is 4.24. The minimum Gasteiger partial charge on any atom is -0.460 e. The van der Waals surface area contributed by atoms with Crippen molar-refractivity contribution in [1.82, 2.24) is 9.55 Å². The first-order chi connectivity index (χ1) is 6.29. The molecule has 1 aromatic heterocycles. The Kier molecular flexibility index (Phi) is 3.02. The lowest BCUT2D eigenvalue weighted by Crippen LogP contribution is -2.24. The number of ether oxygens (including phenoxy) is 1. The van der Waals surface area contributed by atoms with Crippen molar-refractivity contribution in [1.29, 1.82) is 0 Å². The highest BCUT2D eigenvalue weighted by atomic mass is 16.5. The normalized spacial score (nSPS) is 11.3. The van der Waals surface area contributed by atoms with Gasteiger partial charge < -0.3 is 9.94 Å². The van der Waals surface area contributed by atoms with E-state index < -0.39 is 5.97 Å². The molecule has 0 atom stereocenters. The largest absolute Gasteiger partial charge is 0.460 e. The van der Waals surface area contributed by atoms with Crippen molar-refractivity contribution in [2.75, 3.05) is 6.61 Å². The predicted molar refractivity (Wildman–Crippen MR) is 43.5 cm³/mol. The molecule has 1 aromatic rings. The van der Waals surface area contributed by atoms with Crippen LogP contribution in [0.3, 0.4) is 0 Å². The fourth-order valence-electron chi connectivity index (χ4n) is 0.778. The molecule has 1 rings (SSSR count). The SMILES string of the molecule is CCOC(=O)/C(=N\O)n1ccnc1. The number of nitrogens with zero attached hydrogens (tertiary/aromatic N) is 3. The summed E-state index contributed by atoms with van der Waals surface area (Å²) in [4.78, 5) is 14.8. The van der Waals surface area contributed by atoms with Crippen LogP contribution in [0.2, 0.25) is 0 Å². The van der Waals surface area contributed by atoms with E-state index in [1.807, 2.05) is 0 Å². The number of carbonyl (C=O) groups is 1. The van der Waals surface area contributed by atoms with Gasteiger partial charge in [0, 0.05) is 12.4 Å². The fraction of sp³-hybridized carbons (Fsp3) is 0.286. The maximum Gasteiger partial charge on any atom is 0.378 e. The standard InChI is InChI=1S/C7H9N3O3/c1-2-13-7(11)6(9-12)10-4-3-8-5-10/h3-5,12H,2H2,1H3/b9-6+. The highest BCUT2D eigenvalue weighted by molar-refractivity contribution is 6.35. The van der Waals surface area contributed by atoms with E-state index in [0.717, 1.165) is 0 Å². The molecular weight excluding hydrogens is 174 g/mol. The average Bonchev–Trinajstić information content (AvgIpc) is 2.59. The van der Waals surface area contributed by atoms with Crippen LogP contribution >= 0.6 is 0 Å². The summed E-state index contributed by atoms with van der Waals surface area (Å²) in [6, 6.07) is 0. The molecule has 1 N–H and O–H groups in total. The van der Waals surface area contributed by atoms with Gasteiger partial charge in [0.25, 0.3) is 5.84 Å². The Hall–Kier alpha value is -1.85. The lowest BCUT2D eigenvalue weighted by molar-refractivity contribution is -0.135. The number of hydrogen-bond acceptors (Lipinski definition) is 5. The molecular formula is C7H9N3O3. The molecule has 0 saturated heterocycles. The Morgan fingerprint density at radius 3 is 3.00 bits per heavy atom. The van der Waals surface area contributed by atoms with Crippen molar-refractivity contribution < 1.29 is 14.7 Å². The van der Waals surface area contributed by atoms with Crippen LogP contribution in [0.25, 0.3) is 0 Å². The van der Waals surface area contributed by atoms with E-state index >= 15 is 0 Å². The number of oxime groups is 1. The van der Waals surface area contributed by atoms with E-state index in [2.05, 4.69) is 14.9 Å². The summed E-state index contributed by atoms with van der Waals surface area (Å²) in [5.74, 6) is -0.901. The van der Waals surface area contributed by atoms with Crippen molar-refractivity contribution in [3.8, 4) is 0 Å². The lowest BCUT2D eigenvalue weighted by atomic mass is 10.5. The van der Waals surface area contributed by atoms with Crippen LogP contribution in [0.1, 0.15) is 6.92 Å². The Morgan fingerprint density at radius 2 is 2.54 bits per heavy atom. The van der Waals surface area contributed by atoms with Gasteiger partial charge in [-0.1, -0.05) is 5.16 Å². The second-order valence-corrected chi connectivity index (χ2v) is 2.11. The van der Waals surface area contributed by atoms with Gasteiger partial charge in [-0.05, 0) is 6.92 Å². The van der Waals surface area contributed by atoms with E-state index in [1.54, 1.807) is 6.92 Å². The minimum atomic E-state index is -0.692. The molecule has 1 heterocycles. The summed E-state index contributed by atoms with van der Waals surface area (Å²) >= 11 is 0. The number of carbonyl (C=O) groups excluding carboxylic acids is 1. The zero-order valence-corrected chi connectivity index (χ0v) is 7.04. The molecule has 0 spiro atoms. The number of aromatic nitrogens is 2. The van der Waals surface area contributed by atoms with Gasteiger partial charge in [0.2, 0.25) is 0 Å². The van der Waals surface area contributed by atoms with Crippen LogP contribution in [0.4, 0.5) is 0 Å². The maximum atomic E-state index is 11.1. The Morgan fingerprint density at radius 1 is 1.77 bits per heavy atom. The summed E-state index contributed by atoms with van der Waals surface area (Å²) in [6.45, 7) is 1.90. The zero-order chi connectivity index (χ0) is 9.68. The predicted octanol–water partition coefficient (Wildman–Crippen LogP) is 0.0820. The molecule has 6 nitrogen and oxygen atoms in total. The van der Waals surface area contributed by atoms with Crippen LogP contribution in [-0.4, -0.2) is 33.2 Å². The molecule has 0 saturated carbocycles. The Balaban J connectivity index is 2.82. The van der Waals surface area contributed by atoms with Gasteiger partial charge >= 0.3 is 5.97 Å². The quantitative estimate of drug-likeness (QED) is 0.220. The summed E-state index contributed by atoms with van der Waals surface area (Å²) in [6.07, 6.45) is 4.28. The second-order valence-electron chi connectivity index (χ2n) is 2.11. The average molecular weight is 183 g/mol. The maximum absolute atomic E-state index is 11.1. The zero-order valence-electron chi connectivity index (χ0n) is 7.04. The number of imidazole rings is 1. The van der Waals surface area contributed by atoms with Crippen molar-refractivity contribution >= 4 is 11.8 Å². The van der Waals surface area contributed by atoms with Gasteiger partial charge in [-0.15, -0.1) is 0 Å². The van der Waals surface area contributed by atoms with E-state index in [1.165, 1.54) is 23.3 Å². The Bertz CT molecular complexity index is 305. The van der Waals surface area contributed by atoms with Gasteiger partial charge in [-0.2, -0.15) is 0 Å². The first-order valence-electron chi connectivity index (χ1n) is 3.67. The van der Waals surface area contributed by atoms with Gasteiger partial charge in [-0.3, -0.25) is 4.57 Å². The number of rotatable bonds is 1. The van der Waals surface area contributed by atoms with Crippen LogP contribution in [-0.2, 0) is 9.53 Å². The molecule has 0 amide bonds. The third-order valence-corrected chi connectivity index (χ3v) is 1.30.